The molecule has 14 heavy (non-hydrogen) atoms. The Balaban J connectivity index is 2.31. The minimum atomic E-state index is 0.669. The molecule has 1 aromatic rings. The molecule has 0 saturated heterocycles. The average molecular weight is 187 g/mol. The van der Waals surface area contributed by atoms with Gasteiger partial charge in [0.15, 0.2) is 5.89 Å². The van der Waals surface area contributed by atoms with Gasteiger partial charge in [0.25, 0.3) is 0 Å². The summed E-state index contributed by atoms with van der Waals surface area (Å²) in [5, 5.41) is 0. The molecular formula is C12H13NO. The number of nitrogens with zero attached hydrogens (tertiary/aromatic N) is 1. The lowest BCUT2D eigenvalue weighted by molar-refractivity contribution is 0.508. The van der Waals surface area contributed by atoms with Crippen LogP contribution in [-0.4, -0.2) is 4.98 Å². The third kappa shape index (κ3) is 3.77. The Morgan fingerprint density at radius 2 is 2.29 bits per heavy atom. The van der Waals surface area contributed by atoms with E-state index in [0.717, 1.165) is 11.6 Å². The fourth-order valence-electron chi connectivity index (χ4n) is 0.959. The minimum absolute atomic E-state index is 0.669. The van der Waals surface area contributed by atoms with Crippen molar-refractivity contribution in [1.82, 2.24) is 4.98 Å². The van der Waals surface area contributed by atoms with E-state index >= 15 is 0 Å². The lowest BCUT2D eigenvalue weighted by Gasteiger charge is -1.83. The van der Waals surface area contributed by atoms with Crippen LogP contribution in [0.3, 0.4) is 0 Å². The fourth-order valence-corrected chi connectivity index (χ4v) is 0.959. The number of allylic oxidation sites excluding steroid dienone is 4. The third-order valence-corrected chi connectivity index (χ3v) is 1.58. The maximum absolute atomic E-state index is 5.17. The first-order chi connectivity index (χ1) is 6.83. The van der Waals surface area contributed by atoms with Crippen molar-refractivity contribution in [3.63, 3.8) is 0 Å². The zero-order chi connectivity index (χ0) is 10.2. The van der Waals surface area contributed by atoms with Crippen LogP contribution < -0.4 is 0 Å². The number of terminal acetylenes is 1. The largest absolute Gasteiger partial charge is 0.448 e. The van der Waals surface area contributed by atoms with E-state index < -0.39 is 0 Å². The molecule has 0 aromatic carbocycles. The van der Waals surface area contributed by atoms with Gasteiger partial charge in [-0.1, -0.05) is 24.3 Å². The predicted molar refractivity (Wildman–Crippen MR) is 56.7 cm³/mol. The van der Waals surface area contributed by atoms with Gasteiger partial charge in [0, 0.05) is 12.8 Å². The van der Waals surface area contributed by atoms with Crippen molar-refractivity contribution < 1.29 is 4.42 Å². The number of rotatable bonds is 4. The third-order valence-electron chi connectivity index (χ3n) is 1.58. The topological polar surface area (TPSA) is 26.0 Å². The van der Waals surface area contributed by atoms with Crippen LogP contribution in [0.4, 0.5) is 0 Å². The van der Waals surface area contributed by atoms with E-state index in [9.17, 15) is 0 Å². The summed E-state index contributed by atoms with van der Waals surface area (Å²) in [6.45, 7) is 1.91. The van der Waals surface area contributed by atoms with Crippen LogP contribution in [0.2, 0.25) is 0 Å². The molecule has 0 amide bonds. The van der Waals surface area contributed by atoms with Gasteiger partial charge in [-0.05, 0) is 6.92 Å². The Bertz CT molecular complexity index is 366. The quantitative estimate of drug-likeness (QED) is 0.535. The van der Waals surface area contributed by atoms with Crippen LogP contribution in [0.15, 0.2) is 35.0 Å². The highest BCUT2D eigenvalue weighted by Crippen LogP contribution is 2.01. The summed E-state index contributed by atoms with van der Waals surface area (Å²) >= 11 is 0. The lowest BCUT2D eigenvalue weighted by atomic mass is 10.3. The zero-order valence-electron chi connectivity index (χ0n) is 8.23. The Hall–Kier alpha value is -1.75. The first-order valence-corrected chi connectivity index (χ1v) is 4.49. The molecule has 0 fully saturated rings. The first-order valence-electron chi connectivity index (χ1n) is 4.49. The molecule has 72 valence electrons. The second-order valence-corrected chi connectivity index (χ2v) is 2.85. The van der Waals surface area contributed by atoms with Crippen LogP contribution in [0.25, 0.3) is 0 Å². The highest BCUT2D eigenvalue weighted by molar-refractivity contribution is 5.08. The smallest absolute Gasteiger partial charge is 0.197 e. The summed E-state index contributed by atoms with van der Waals surface area (Å²) in [6, 6.07) is 0. The summed E-state index contributed by atoms with van der Waals surface area (Å²) in [4.78, 5) is 4.17. The van der Waals surface area contributed by atoms with Crippen molar-refractivity contribution in [3.05, 3.63) is 42.2 Å². The number of hydrogen-bond acceptors (Lipinski definition) is 2. The van der Waals surface area contributed by atoms with E-state index in [1.807, 2.05) is 31.2 Å². The molecule has 0 spiro atoms. The summed E-state index contributed by atoms with van der Waals surface area (Å²) in [5.74, 6) is 3.27. The fraction of sp³-hybridized carbons (Fsp3) is 0.250. The van der Waals surface area contributed by atoms with E-state index in [1.54, 1.807) is 6.26 Å². The molecule has 1 rings (SSSR count). The van der Waals surface area contributed by atoms with E-state index in [2.05, 4.69) is 10.9 Å². The van der Waals surface area contributed by atoms with Crippen molar-refractivity contribution in [3.8, 4) is 12.3 Å². The van der Waals surface area contributed by atoms with E-state index in [4.69, 9.17) is 10.8 Å². The number of aromatic nitrogens is 1. The minimum Gasteiger partial charge on any atom is -0.448 e. The maximum Gasteiger partial charge on any atom is 0.197 e. The second-order valence-electron chi connectivity index (χ2n) is 2.85. The van der Waals surface area contributed by atoms with Gasteiger partial charge in [-0.15, -0.1) is 12.3 Å². The lowest BCUT2D eigenvalue weighted by Crippen LogP contribution is -1.79. The van der Waals surface area contributed by atoms with Gasteiger partial charge in [0.05, 0.1) is 5.69 Å². The Morgan fingerprint density at radius 1 is 1.50 bits per heavy atom. The summed E-state index contributed by atoms with van der Waals surface area (Å²) in [5.41, 5.74) is 0.913. The molecule has 1 aromatic heterocycles. The Kier molecular flexibility index (Phi) is 4.30. The molecule has 0 aliphatic rings. The molecule has 0 unspecified atom stereocenters. The molecule has 0 aliphatic carbocycles. The zero-order valence-corrected chi connectivity index (χ0v) is 8.23. The monoisotopic (exact) mass is 187 g/mol. The van der Waals surface area contributed by atoms with E-state index in [-0.39, 0.29) is 0 Å². The molecule has 2 heteroatoms. The molecular weight excluding hydrogens is 174 g/mol. The summed E-state index contributed by atoms with van der Waals surface area (Å²) in [7, 11) is 0. The molecule has 1 heterocycles. The number of hydrogen-bond donors (Lipinski definition) is 0. The predicted octanol–water partition coefficient (Wildman–Crippen LogP) is 2.66. The molecule has 0 aliphatic heterocycles. The normalized spacial score (nSPS) is 11.1. The molecule has 0 N–H and O–H groups in total. The molecule has 2 nitrogen and oxygen atoms in total. The molecule has 0 saturated carbocycles. The summed E-state index contributed by atoms with van der Waals surface area (Å²) < 4.78 is 5.17. The van der Waals surface area contributed by atoms with E-state index in [0.29, 0.717) is 12.8 Å². The van der Waals surface area contributed by atoms with Crippen molar-refractivity contribution in [2.24, 2.45) is 0 Å². The van der Waals surface area contributed by atoms with Gasteiger partial charge >= 0.3 is 0 Å². The van der Waals surface area contributed by atoms with Gasteiger partial charge in [-0.2, -0.15) is 0 Å². The van der Waals surface area contributed by atoms with Crippen molar-refractivity contribution >= 4 is 0 Å². The number of aryl methyl sites for hydroxylation is 1. The first kappa shape index (κ1) is 10.3. The average Bonchev–Trinajstić information content (AvgIpc) is 2.58. The molecule has 0 atom stereocenters. The van der Waals surface area contributed by atoms with Crippen LogP contribution in [0.5, 0.6) is 0 Å². The highest BCUT2D eigenvalue weighted by atomic mass is 16.3. The van der Waals surface area contributed by atoms with Crippen molar-refractivity contribution in [2.75, 3.05) is 0 Å². The van der Waals surface area contributed by atoms with Crippen molar-refractivity contribution in [2.45, 2.75) is 19.8 Å². The number of oxazole rings is 1. The van der Waals surface area contributed by atoms with Gasteiger partial charge < -0.3 is 4.42 Å². The highest BCUT2D eigenvalue weighted by Gasteiger charge is 1.95. The SMILES string of the molecule is C#CC/C=C\C=C/Cc1nc(C)co1. The van der Waals surface area contributed by atoms with Crippen LogP contribution in [0.1, 0.15) is 18.0 Å². The van der Waals surface area contributed by atoms with Crippen LogP contribution in [0, 0.1) is 19.3 Å². The van der Waals surface area contributed by atoms with Gasteiger partial charge in [0.2, 0.25) is 0 Å². The maximum atomic E-state index is 5.17. The van der Waals surface area contributed by atoms with E-state index in [1.165, 1.54) is 0 Å². The second kappa shape index (κ2) is 5.82. The Morgan fingerprint density at radius 3 is 2.93 bits per heavy atom. The van der Waals surface area contributed by atoms with Crippen molar-refractivity contribution in [1.29, 1.82) is 0 Å². The standard InChI is InChI=1S/C12H13NO/c1-3-4-5-6-7-8-9-12-13-11(2)10-14-12/h1,5-8,10H,4,9H2,2H3/b6-5-,8-7-. The van der Waals surface area contributed by atoms with Gasteiger partial charge in [0.1, 0.15) is 6.26 Å². The Labute approximate surface area is 84.3 Å². The van der Waals surface area contributed by atoms with Crippen LogP contribution >= 0.6 is 0 Å². The van der Waals surface area contributed by atoms with Gasteiger partial charge in [-0.25, -0.2) is 4.98 Å². The molecule has 0 radical (unpaired) electrons. The molecule has 0 bridgehead atoms. The van der Waals surface area contributed by atoms with Gasteiger partial charge in [-0.3, -0.25) is 0 Å². The van der Waals surface area contributed by atoms with Crippen LogP contribution in [-0.2, 0) is 6.42 Å². The summed E-state index contributed by atoms with van der Waals surface area (Å²) in [6.07, 6.45) is 15.9.